The summed E-state index contributed by atoms with van der Waals surface area (Å²) in [6.07, 6.45) is 7.19. The Kier molecular flexibility index (Phi) is 14.0. The van der Waals surface area contributed by atoms with Crippen LogP contribution in [0.15, 0.2) is 320 Å². The molecule has 11 heteroatoms. The summed E-state index contributed by atoms with van der Waals surface area (Å²) in [5.41, 5.74) is 21.5. The fourth-order valence-electron chi connectivity index (χ4n) is 12.1. The molecule has 9 aromatic heterocycles. The zero-order valence-corrected chi connectivity index (χ0v) is 48.9. The highest BCUT2D eigenvalue weighted by Gasteiger charge is 2.20. The molecule has 91 heavy (non-hydrogen) atoms. The normalized spacial score (nSPS) is 11.3. The van der Waals surface area contributed by atoms with Crippen LogP contribution < -0.4 is 0 Å². The fraction of sp³-hybridized carbons (Fsp3) is 0. The Balaban J connectivity index is 0.000000148. The van der Waals surface area contributed by atoms with Gasteiger partial charge in [0.25, 0.3) is 0 Å². The molecule has 0 atom stereocenters. The van der Waals surface area contributed by atoms with E-state index in [1.165, 1.54) is 21.5 Å². The van der Waals surface area contributed by atoms with Crippen LogP contribution in [0.3, 0.4) is 0 Å². The Hall–Kier alpha value is -12.6. The van der Waals surface area contributed by atoms with E-state index >= 15 is 0 Å². The number of nitrogens with zero attached hydrogens (tertiary/aromatic N) is 10. The number of para-hydroxylation sites is 4. The molecule has 0 spiro atoms. The average molecular weight is 1170 g/mol. The second kappa shape index (κ2) is 23.6. The molecule has 0 aliphatic carbocycles. The first-order valence-electron chi connectivity index (χ1n) is 30.0. The molecule has 17 rings (SSSR count). The van der Waals surface area contributed by atoms with Gasteiger partial charge in [0.1, 0.15) is 0 Å². The van der Waals surface area contributed by atoms with Crippen molar-refractivity contribution < 1.29 is 4.42 Å². The van der Waals surface area contributed by atoms with Crippen molar-refractivity contribution in [1.82, 2.24) is 49.2 Å². The maximum Gasteiger partial charge on any atom is 0.248 e. The summed E-state index contributed by atoms with van der Waals surface area (Å²) in [6.45, 7) is 0. The Labute approximate surface area is 523 Å². The average Bonchev–Trinajstić information content (AvgIpc) is 1.70. The van der Waals surface area contributed by atoms with Crippen molar-refractivity contribution >= 4 is 43.6 Å². The molecule has 0 amide bonds. The lowest BCUT2D eigenvalue weighted by Crippen LogP contribution is -2.00. The zero-order valence-electron chi connectivity index (χ0n) is 48.9. The van der Waals surface area contributed by atoms with E-state index in [0.717, 1.165) is 124 Å². The van der Waals surface area contributed by atoms with Gasteiger partial charge in [-0.15, -0.1) is 10.2 Å². The molecule has 17 aromatic rings. The molecule has 9 heterocycles. The summed E-state index contributed by atoms with van der Waals surface area (Å²) >= 11 is 0. The lowest BCUT2D eigenvalue weighted by Gasteiger charge is -2.17. The van der Waals surface area contributed by atoms with Crippen LogP contribution >= 0.6 is 0 Å². The van der Waals surface area contributed by atoms with Crippen LogP contribution in [-0.4, -0.2) is 49.2 Å². The van der Waals surface area contributed by atoms with Crippen LogP contribution in [0.1, 0.15) is 0 Å². The Bertz CT molecular complexity index is 5090. The Morgan fingerprint density at radius 3 is 0.857 bits per heavy atom. The van der Waals surface area contributed by atoms with E-state index in [9.17, 15) is 0 Å². The molecule has 0 N–H and O–H groups in total. The third-order valence-electron chi connectivity index (χ3n) is 16.4. The first-order valence-corrected chi connectivity index (χ1v) is 30.0. The van der Waals surface area contributed by atoms with Crippen molar-refractivity contribution in [2.45, 2.75) is 0 Å². The van der Waals surface area contributed by atoms with Gasteiger partial charge in [-0.2, -0.15) is 0 Å². The van der Waals surface area contributed by atoms with Crippen LogP contribution in [0.5, 0.6) is 0 Å². The number of benzene rings is 8. The summed E-state index contributed by atoms with van der Waals surface area (Å²) in [6, 6.07) is 100. The van der Waals surface area contributed by atoms with Gasteiger partial charge in [0.15, 0.2) is 0 Å². The predicted molar refractivity (Wildman–Crippen MR) is 365 cm³/mol. The molecular formula is C80H52N10O. The van der Waals surface area contributed by atoms with E-state index in [1.54, 1.807) is 12.4 Å². The van der Waals surface area contributed by atoms with Crippen LogP contribution in [0.4, 0.5) is 0 Å². The number of fused-ring (bicyclic) bond motifs is 6. The van der Waals surface area contributed by atoms with Crippen molar-refractivity contribution in [3.63, 3.8) is 0 Å². The van der Waals surface area contributed by atoms with E-state index in [4.69, 9.17) is 14.4 Å². The van der Waals surface area contributed by atoms with E-state index in [1.807, 2.05) is 128 Å². The smallest absolute Gasteiger partial charge is 0.248 e. The SMILES string of the molecule is c1ccc(-c2cc(-c3cc(-n4c5ccccc5c5ccccc54)cc(-n4c5ccccc5c5ccccc54)c3)cc(-c3ccccn3)n2)nc1.c1ccc(-c2nnc(-c3ccc(-c4ccc(-c5cc(-c6ccccn6)nc(-c6ccccn6)c5)cc4)cc3)o2)cc1. The maximum absolute atomic E-state index is 5.91. The van der Waals surface area contributed by atoms with Crippen LogP contribution in [0.2, 0.25) is 0 Å². The van der Waals surface area contributed by atoms with E-state index in [2.05, 4.69) is 215 Å². The molecule has 0 fully saturated rings. The summed E-state index contributed by atoms with van der Waals surface area (Å²) in [4.78, 5) is 28.3. The predicted octanol–water partition coefficient (Wildman–Crippen LogP) is 19.3. The topological polar surface area (TPSA) is 126 Å². The van der Waals surface area contributed by atoms with Crippen molar-refractivity contribution in [1.29, 1.82) is 0 Å². The molecule has 8 aromatic carbocycles. The number of aromatic nitrogens is 10. The Morgan fingerprint density at radius 1 is 0.220 bits per heavy atom. The minimum Gasteiger partial charge on any atom is -0.416 e. The van der Waals surface area contributed by atoms with Gasteiger partial charge in [0.05, 0.1) is 67.6 Å². The lowest BCUT2D eigenvalue weighted by atomic mass is 9.98. The molecule has 0 saturated carbocycles. The highest BCUT2D eigenvalue weighted by molar-refractivity contribution is 6.11. The number of hydrogen-bond donors (Lipinski definition) is 0. The molecule has 0 radical (unpaired) electrons. The van der Waals surface area contributed by atoms with E-state index in [-0.39, 0.29) is 0 Å². The maximum atomic E-state index is 5.91. The van der Waals surface area contributed by atoms with Gasteiger partial charge >= 0.3 is 0 Å². The van der Waals surface area contributed by atoms with Gasteiger partial charge in [-0.3, -0.25) is 19.9 Å². The van der Waals surface area contributed by atoms with Crippen LogP contribution in [0, 0.1) is 0 Å². The van der Waals surface area contributed by atoms with E-state index in [0.29, 0.717) is 11.8 Å². The summed E-state index contributed by atoms with van der Waals surface area (Å²) in [5, 5.41) is 13.4. The quantitative estimate of drug-likeness (QED) is 0.124. The molecule has 11 nitrogen and oxygen atoms in total. The summed E-state index contributed by atoms with van der Waals surface area (Å²) in [7, 11) is 0. The third kappa shape index (κ3) is 10.5. The van der Waals surface area contributed by atoms with Crippen molar-refractivity contribution in [3.05, 3.63) is 316 Å². The van der Waals surface area contributed by atoms with E-state index < -0.39 is 0 Å². The monoisotopic (exact) mass is 1170 g/mol. The van der Waals surface area contributed by atoms with Gasteiger partial charge in [-0.05, 0) is 173 Å². The molecule has 0 unspecified atom stereocenters. The van der Waals surface area contributed by atoms with Gasteiger partial charge < -0.3 is 13.6 Å². The van der Waals surface area contributed by atoms with Gasteiger partial charge in [0.2, 0.25) is 11.8 Å². The molecule has 0 saturated heterocycles. The first kappa shape index (κ1) is 53.8. The van der Waals surface area contributed by atoms with Gasteiger partial charge in [0, 0.05) is 68.8 Å². The largest absolute Gasteiger partial charge is 0.416 e. The summed E-state index contributed by atoms with van der Waals surface area (Å²) < 4.78 is 10.7. The molecular weight excluding hydrogens is 1120 g/mol. The molecule has 428 valence electrons. The fourth-order valence-corrected chi connectivity index (χ4v) is 12.1. The first-order chi connectivity index (χ1) is 45.1. The van der Waals surface area contributed by atoms with Crippen molar-refractivity contribution in [3.8, 4) is 113 Å². The zero-order chi connectivity index (χ0) is 60.5. The number of hydrogen-bond acceptors (Lipinski definition) is 9. The third-order valence-corrected chi connectivity index (χ3v) is 16.4. The van der Waals surface area contributed by atoms with Crippen molar-refractivity contribution in [2.75, 3.05) is 0 Å². The molecule has 0 bridgehead atoms. The lowest BCUT2D eigenvalue weighted by molar-refractivity contribution is 0.584. The second-order valence-electron chi connectivity index (χ2n) is 22.0. The Morgan fingerprint density at radius 2 is 0.505 bits per heavy atom. The van der Waals surface area contributed by atoms with Crippen LogP contribution in [0.25, 0.3) is 157 Å². The number of pyridine rings is 6. The van der Waals surface area contributed by atoms with Crippen molar-refractivity contribution in [2.24, 2.45) is 0 Å². The molecule has 0 aliphatic heterocycles. The van der Waals surface area contributed by atoms with Gasteiger partial charge in [-0.25, -0.2) is 9.97 Å². The molecule has 0 aliphatic rings. The standard InChI is InChI=1S/C45H29N5.C35H23N5O/c1-5-19-42-34(13-1)35-14-2-6-20-43(35)49(42)32-25-30(26-33(29-32)50-44-21-7-3-15-36(44)37-16-4-8-22-45(37)50)31-27-40(38-17-9-11-23-46-38)48-41(28-31)39-18-10-12-24-47-39;1-2-8-27(9-3-1)34-39-40-35(41-34)28-18-16-25(17-19-28)24-12-14-26(15-13-24)29-22-32(30-10-4-6-20-36-30)38-33(23-29)31-11-5-7-21-37-31/h1-29H;1-23H. The highest BCUT2D eigenvalue weighted by Crippen LogP contribution is 2.40. The minimum absolute atomic E-state index is 0.496. The summed E-state index contributed by atoms with van der Waals surface area (Å²) in [5.74, 6) is 1.00. The number of rotatable bonds is 11. The highest BCUT2D eigenvalue weighted by atomic mass is 16.4. The minimum atomic E-state index is 0.496. The second-order valence-corrected chi connectivity index (χ2v) is 22.0. The van der Waals surface area contributed by atoms with Crippen LogP contribution in [-0.2, 0) is 0 Å². The van der Waals surface area contributed by atoms with Gasteiger partial charge in [-0.1, -0.05) is 152 Å².